The lowest BCUT2D eigenvalue weighted by Gasteiger charge is -2.25. The summed E-state index contributed by atoms with van der Waals surface area (Å²) in [6.07, 6.45) is 3.63. The third-order valence-corrected chi connectivity index (χ3v) is 3.49. The summed E-state index contributed by atoms with van der Waals surface area (Å²) in [4.78, 5) is 0.693. The zero-order valence-electron chi connectivity index (χ0n) is 8.86. The quantitative estimate of drug-likeness (QED) is 0.875. The predicted octanol–water partition coefficient (Wildman–Crippen LogP) is 2.29. The molecule has 0 aromatic heterocycles. The summed E-state index contributed by atoms with van der Waals surface area (Å²) in [6.45, 7) is 1.91. The summed E-state index contributed by atoms with van der Waals surface area (Å²) in [6, 6.07) is 5.25. The highest BCUT2D eigenvalue weighted by Gasteiger charge is 2.20. The first-order valence-corrected chi connectivity index (χ1v) is 6.08. The minimum Gasteiger partial charge on any atom is -0.379 e. The fourth-order valence-electron chi connectivity index (χ4n) is 1.38. The van der Waals surface area contributed by atoms with Crippen LogP contribution in [0, 0.1) is 5.82 Å². The van der Waals surface area contributed by atoms with Crippen molar-refractivity contribution in [3.05, 3.63) is 35.7 Å². The van der Waals surface area contributed by atoms with Crippen molar-refractivity contribution >= 4 is 17.8 Å². The zero-order valence-corrected chi connectivity index (χ0v) is 9.67. The van der Waals surface area contributed by atoms with Gasteiger partial charge in [-0.05, 0) is 17.7 Å². The summed E-state index contributed by atoms with van der Waals surface area (Å²) >= 11 is 1.54. The van der Waals surface area contributed by atoms with E-state index in [-0.39, 0.29) is 5.82 Å². The first-order valence-electron chi connectivity index (χ1n) is 5.20. The fourth-order valence-corrected chi connectivity index (χ4v) is 2.39. The van der Waals surface area contributed by atoms with E-state index in [2.05, 4.69) is 0 Å². The molecular weight excluding hydrogens is 225 g/mol. The Morgan fingerprint density at radius 2 is 2.31 bits per heavy atom. The van der Waals surface area contributed by atoms with Gasteiger partial charge in [-0.3, -0.25) is 0 Å². The third-order valence-electron chi connectivity index (χ3n) is 2.30. The zero-order chi connectivity index (χ0) is 11.4. The van der Waals surface area contributed by atoms with E-state index in [1.807, 2.05) is 18.2 Å². The average molecular weight is 239 g/mol. The van der Waals surface area contributed by atoms with Crippen LogP contribution in [0.4, 0.5) is 4.39 Å². The molecule has 86 valence electrons. The monoisotopic (exact) mass is 239 g/mol. The van der Waals surface area contributed by atoms with Crippen molar-refractivity contribution in [2.24, 2.45) is 5.73 Å². The van der Waals surface area contributed by atoms with E-state index < -0.39 is 0 Å². The van der Waals surface area contributed by atoms with Crippen molar-refractivity contribution in [2.45, 2.75) is 10.1 Å². The Bertz CT molecular complexity index is 391. The maximum Gasteiger partial charge on any atom is 0.137 e. The number of thioether (sulfide) groups is 1. The fraction of sp³-hybridized carbons (Fsp3) is 0.333. The minimum absolute atomic E-state index is 0.170. The highest BCUT2D eigenvalue weighted by atomic mass is 32.2. The number of halogens is 1. The van der Waals surface area contributed by atoms with Crippen molar-refractivity contribution in [1.82, 2.24) is 0 Å². The first kappa shape index (κ1) is 11.6. The molecule has 2 rings (SSSR count). The lowest BCUT2D eigenvalue weighted by molar-refractivity contribution is 0.0455. The van der Waals surface area contributed by atoms with Gasteiger partial charge in [0.25, 0.3) is 0 Å². The van der Waals surface area contributed by atoms with Crippen molar-refractivity contribution in [2.75, 3.05) is 19.8 Å². The lowest BCUT2D eigenvalue weighted by atomic mass is 10.2. The van der Waals surface area contributed by atoms with Crippen LogP contribution in [-0.4, -0.2) is 25.0 Å². The Balaban J connectivity index is 2.06. The molecule has 1 aliphatic heterocycles. The normalized spacial score (nSPS) is 16.6. The molecule has 1 heterocycles. The van der Waals surface area contributed by atoms with E-state index in [1.165, 1.54) is 6.07 Å². The summed E-state index contributed by atoms with van der Waals surface area (Å²) in [5.74, 6) is -0.170. The van der Waals surface area contributed by atoms with E-state index in [0.717, 1.165) is 18.8 Å². The Morgan fingerprint density at radius 3 is 2.88 bits per heavy atom. The highest BCUT2D eigenvalue weighted by molar-refractivity contribution is 8.00. The van der Waals surface area contributed by atoms with Crippen LogP contribution in [0.2, 0.25) is 0 Å². The van der Waals surface area contributed by atoms with Crippen LogP contribution in [0.3, 0.4) is 0 Å². The molecule has 1 aromatic rings. The van der Waals surface area contributed by atoms with E-state index in [4.69, 9.17) is 10.5 Å². The number of nitrogens with two attached hydrogens (primary N) is 1. The van der Waals surface area contributed by atoms with Gasteiger partial charge in [0, 0.05) is 11.4 Å². The smallest absolute Gasteiger partial charge is 0.137 e. The number of hydrogen-bond donors (Lipinski definition) is 1. The van der Waals surface area contributed by atoms with Crippen LogP contribution in [0.1, 0.15) is 5.56 Å². The molecule has 1 saturated heterocycles. The highest BCUT2D eigenvalue weighted by Crippen LogP contribution is 2.30. The maximum absolute atomic E-state index is 13.7. The van der Waals surface area contributed by atoms with Crippen LogP contribution in [0.25, 0.3) is 6.08 Å². The second kappa shape index (κ2) is 5.48. The third kappa shape index (κ3) is 2.84. The topological polar surface area (TPSA) is 35.2 Å². The molecule has 2 nitrogen and oxygen atoms in total. The molecule has 0 unspecified atom stereocenters. The van der Waals surface area contributed by atoms with Gasteiger partial charge in [-0.15, -0.1) is 11.8 Å². The van der Waals surface area contributed by atoms with Crippen LogP contribution in [0.5, 0.6) is 0 Å². The Labute approximate surface area is 98.7 Å². The van der Waals surface area contributed by atoms with Gasteiger partial charge in [0.15, 0.2) is 0 Å². The van der Waals surface area contributed by atoms with E-state index in [1.54, 1.807) is 17.8 Å². The molecule has 1 aliphatic rings. The Hall–Kier alpha value is -0.840. The van der Waals surface area contributed by atoms with Gasteiger partial charge in [0.1, 0.15) is 5.82 Å². The van der Waals surface area contributed by atoms with Crippen LogP contribution >= 0.6 is 11.8 Å². The summed E-state index contributed by atoms with van der Waals surface area (Å²) in [5, 5.41) is 0.403. The average Bonchev–Trinajstić information content (AvgIpc) is 2.22. The van der Waals surface area contributed by atoms with Gasteiger partial charge in [-0.25, -0.2) is 4.39 Å². The van der Waals surface area contributed by atoms with E-state index in [9.17, 15) is 4.39 Å². The van der Waals surface area contributed by atoms with Crippen molar-refractivity contribution < 1.29 is 9.13 Å². The van der Waals surface area contributed by atoms with Crippen molar-refractivity contribution in [3.8, 4) is 0 Å². The second-order valence-corrected chi connectivity index (χ2v) is 4.95. The second-order valence-electron chi connectivity index (χ2n) is 3.61. The lowest BCUT2D eigenvalue weighted by Crippen LogP contribution is -2.30. The molecule has 16 heavy (non-hydrogen) atoms. The number of rotatable bonds is 4. The molecule has 0 saturated carbocycles. The minimum atomic E-state index is -0.170. The number of benzene rings is 1. The summed E-state index contributed by atoms with van der Waals surface area (Å²) in [5.41, 5.74) is 6.18. The van der Waals surface area contributed by atoms with Crippen LogP contribution < -0.4 is 5.73 Å². The standard InChI is InChI=1S/C12H14FNOS/c13-11-6-9(2-1-5-14)3-4-12(11)16-10-7-15-8-10/h1-4,6,10H,5,7-8,14H2/b2-1+. The van der Waals surface area contributed by atoms with Crippen LogP contribution in [-0.2, 0) is 4.74 Å². The molecule has 0 amide bonds. The van der Waals surface area contributed by atoms with Gasteiger partial charge >= 0.3 is 0 Å². The van der Waals surface area contributed by atoms with Crippen LogP contribution in [0.15, 0.2) is 29.2 Å². The van der Waals surface area contributed by atoms with Gasteiger partial charge in [0.2, 0.25) is 0 Å². The molecule has 0 aliphatic carbocycles. The van der Waals surface area contributed by atoms with E-state index >= 15 is 0 Å². The van der Waals surface area contributed by atoms with Gasteiger partial charge in [-0.2, -0.15) is 0 Å². The van der Waals surface area contributed by atoms with Crippen molar-refractivity contribution in [1.29, 1.82) is 0 Å². The molecule has 2 N–H and O–H groups in total. The maximum atomic E-state index is 13.7. The predicted molar refractivity (Wildman–Crippen MR) is 65.0 cm³/mol. The Morgan fingerprint density at radius 1 is 1.50 bits per heavy atom. The molecule has 4 heteroatoms. The van der Waals surface area contributed by atoms with Gasteiger partial charge in [0.05, 0.1) is 18.5 Å². The molecule has 0 bridgehead atoms. The SMILES string of the molecule is NC/C=C/c1ccc(SC2COC2)c(F)c1. The van der Waals surface area contributed by atoms with Gasteiger partial charge in [-0.1, -0.05) is 18.2 Å². The van der Waals surface area contributed by atoms with Crippen molar-refractivity contribution in [3.63, 3.8) is 0 Å². The number of hydrogen-bond acceptors (Lipinski definition) is 3. The molecular formula is C12H14FNOS. The summed E-state index contributed by atoms with van der Waals surface area (Å²) in [7, 11) is 0. The molecule has 0 radical (unpaired) electrons. The molecule has 1 fully saturated rings. The molecule has 0 spiro atoms. The summed E-state index contributed by atoms with van der Waals surface area (Å²) < 4.78 is 18.7. The largest absolute Gasteiger partial charge is 0.379 e. The van der Waals surface area contributed by atoms with E-state index in [0.29, 0.717) is 16.7 Å². The van der Waals surface area contributed by atoms with Gasteiger partial charge < -0.3 is 10.5 Å². The number of ether oxygens (including phenoxy) is 1. The Kier molecular flexibility index (Phi) is 3.98. The first-order chi connectivity index (χ1) is 7.79. The molecule has 0 atom stereocenters. The molecule has 1 aromatic carbocycles.